The Morgan fingerprint density at radius 1 is 1.32 bits per heavy atom. The van der Waals surface area contributed by atoms with E-state index in [0.29, 0.717) is 6.79 Å². The van der Waals surface area contributed by atoms with Crippen molar-refractivity contribution >= 4 is 0 Å². The molecule has 1 aliphatic heterocycles. The van der Waals surface area contributed by atoms with Crippen LogP contribution in [0.1, 0.15) is 18.4 Å². The van der Waals surface area contributed by atoms with Crippen molar-refractivity contribution < 1.29 is 9.47 Å². The van der Waals surface area contributed by atoms with Gasteiger partial charge >= 0.3 is 0 Å². The third-order valence-electron chi connectivity index (χ3n) is 3.12. The van der Waals surface area contributed by atoms with Gasteiger partial charge in [-0.15, -0.1) is 0 Å². The van der Waals surface area contributed by atoms with Gasteiger partial charge in [0, 0.05) is 11.3 Å². The van der Waals surface area contributed by atoms with Gasteiger partial charge in [0.25, 0.3) is 0 Å². The second-order valence-electron chi connectivity index (χ2n) is 4.51. The van der Waals surface area contributed by atoms with E-state index in [0.717, 1.165) is 47.4 Å². The number of aromatic nitrogens is 2. The normalized spacial score (nSPS) is 12.9. The topological polar surface area (TPSA) is 59.2 Å². The Bertz CT molecular complexity index is 592. The van der Waals surface area contributed by atoms with Crippen molar-refractivity contribution in [1.82, 2.24) is 15.3 Å². The van der Waals surface area contributed by atoms with Crippen LogP contribution in [0.4, 0.5) is 0 Å². The zero-order valence-electron chi connectivity index (χ0n) is 11.1. The highest BCUT2D eigenvalue weighted by molar-refractivity contribution is 5.66. The number of rotatable bonds is 4. The third kappa shape index (κ3) is 2.29. The molecule has 0 saturated heterocycles. The number of nitrogens with one attached hydrogen (secondary N) is 2. The molecule has 1 aliphatic rings. The van der Waals surface area contributed by atoms with E-state index >= 15 is 0 Å². The second kappa shape index (κ2) is 4.93. The van der Waals surface area contributed by atoms with Crippen molar-refractivity contribution in [2.24, 2.45) is 0 Å². The summed E-state index contributed by atoms with van der Waals surface area (Å²) in [6, 6.07) is 5.91. The number of nitrogens with zero attached hydrogens (tertiary/aromatic N) is 1. The molecule has 0 amide bonds. The summed E-state index contributed by atoms with van der Waals surface area (Å²) in [5.41, 5.74) is 3.07. The van der Waals surface area contributed by atoms with Gasteiger partial charge in [-0.2, -0.15) is 0 Å². The van der Waals surface area contributed by atoms with Crippen molar-refractivity contribution in [2.45, 2.75) is 20.4 Å². The summed E-state index contributed by atoms with van der Waals surface area (Å²) in [5, 5.41) is 3.26. The van der Waals surface area contributed by atoms with Gasteiger partial charge < -0.3 is 19.8 Å². The smallest absolute Gasteiger partial charge is 0.231 e. The fourth-order valence-electron chi connectivity index (χ4n) is 2.17. The van der Waals surface area contributed by atoms with Crippen molar-refractivity contribution in [1.29, 1.82) is 0 Å². The van der Waals surface area contributed by atoms with E-state index < -0.39 is 0 Å². The Morgan fingerprint density at radius 3 is 3.00 bits per heavy atom. The molecule has 5 nitrogen and oxygen atoms in total. The average molecular weight is 259 g/mol. The fourth-order valence-corrected chi connectivity index (χ4v) is 2.17. The van der Waals surface area contributed by atoms with Crippen molar-refractivity contribution in [3.63, 3.8) is 0 Å². The van der Waals surface area contributed by atoms with Gasteiger partial charge in [-0.05, 0) is 31.7 Å². The highest BCUT2D eigenvalue weighted by Crippen LogP contribution is 2.36. The van der Waals surface area contributed by atoms with Gasteiger partial charge in [0.05, 0.1) is 12.2 Å². The molecule has 3 rings (SSSR count). The van der Waals surface area contributed by atoms with Crippen LogP contribution < -0.4 is 14.8 Å². The molecule has 0 fully saturated rings. The van der Waals surface area contributed by atoms with Crippen LogP contribution in [-0.2, 0) is 6.54 Å². The first kappa shape index (κ1) is 12.0. The van der Waals surface area contributed by atoms with Gasteiger partial charge in [-0.25, -0.2) is 4.98 Å². The van der Waals surface area contributed by atoms with Crippen molar-refractivity contribution in [3.05, 3.63) is 29.7 Å². The van der Waals surface area contributed by atoms with E-state index in [1.165, 1.54) is 0 Å². The second-order valence-corrected chi connectivity index (χ2v) is 4.51. The predicted octanol–water partition coefficient (Wildman–Crippen LogP) is 2.22. The summed E-state index contributed by atoms with van der Waals surface area (Å²) >= 11 is 0. The first-order chi connectivity index (χ1) is 9.28. The molecule has 2 aromatic rings. The number of fused-ring (bicyclic) bond motifs is 1. The lowest BCUT2D eigenvalue weighted by Gasteiger charge is -2.01. The summed E-state index contributed by atoms with van der Waals surface area (Å²) in [6.45, 7) is 6.09. The van der Waals surface area contributed by atoms with Gasteiger partial charge in [0.15, 0.2) is 11.5 Å². The quantitative estimate of drug-likeness (QED) is 0.884. The molecule has 0 atom stereocenters. The highest BCUT2D eigenvalue weighted by Gasteiger charge is 2.16. The number of ether oxygens (including phenoxy) is 2. The van der Waals surface area contributed by atoms with E-state index in [2.05, 4.69) is 22.2 Å². The number of aromatic amines is 1. The molecule has 5 heteroatoms. The summed E-state index contributed by atoms with van der Waals surface area (Å²) in [4.78, 5) is 7.93. The number of H-pyrrole nitrogens is 1. The third-order valence-corrected chi connectivity index (χ3v) is 3.12. The molecule has 0 radical (unpaired) electrons. The maximum Gasteiger partial charge on any atom is 0.231 e. The predicted molar refractivity (Wildman–Crippen MR) is 72.3 cm³/mol. The van der Waals surface area contributed by atoms with Gasteiger partial charge in [0.1, 0.15) is 5.82 Å². The Labute approximate surface area is 112 Å². The van der Waals surface area contributed by atoms with Gasteiger partial charge in [-0.3, -0.25) is 0 Å². The van der Waals surface area contributed by atoms with Gasteiger partial charge in [-0.1, -0.05) is 6.92 Å². The zero-order valence-corrected chi connectivity index (χ0v) is 11.1. The largest absolute Gasteiger partial charge is 0.454 e. The highest BCUT2D eigenvalue weighted by atomic mass is 16.7. The Kier molecular flexibility index (Phi) is 3.13. The molecule has 1 aromatic carbocycles. The van der Waals surface area contributed by atoms with Crippen molar-refractivity contribution in [3.8, 4) is 22.8 Å². The van der Waals surface area contributed by atoms with Crippen LogP contribution >= 0.6 is 0 Å². The number of benzene rings is 1. The van der Waals surface area contributed by atoms with E-state index in [1.54, 1.807) is 0 Å². The van der Waals surface area contributed by atoms with E-state index in [4.69, 9.17) is 9.47 Å². The van der Waals surface area contributed by atoms with Crippen LogP contribution in [-0.4, -0.2) is 23.3 Å². The van der Waals surface area contributed by atoms with Crippen LogP contribution in [0.3, 0.4) is 0 Å². The number of aryl methyl sites for hydroxylation is 1. The molecular formula is C14H17N3O2. The fraction of sp³-hybridized carbons (Fsp3) is 0.357. The maximum atomic E-state index is 5.40. The van der Waals surface area contributed by atoms with E-state index in [1.807, 2.05) is 25.1 Å². The van der Waals surface area contributed by atoms with Crippen LogP contribution in [0.15, 0.2) is 18.2 Å². The number of hydrogen-bond donors (Lipinski definition) is 2. The van der Waals surface area contributed by atoms with Crippen LogP contribution in [0.2, 0.25) is 0 Å². The molecular weight excluding hydrogens is 242 g/mol. The molecule has 0 saturated carbocycles. The summed E-state index contributed by atoms with van der Waals surface area (Å²) in [7, 11) is 0. The minimum Gasteiger partial charge on any atom is -0.454 e. The molecule has 100 valence electrons. The monoisotopic (exact) mass is 259 g/mol. The molecule has 0 bridgehead atoms. The Morgan fingerprint density at radius 2 is 2.16 bits per heavy atom. The average Bonchev–Trinajstić information content (AvgIpc) is 3.01. The number of hydrogen-bond acceptors (Lipinski definition) is 4. The lowest BCUT2D eigenvalue weighted by Crippen LogP contribution is -2.12. The molecule has 1 aromatic heterocycles. The molecule has 0 spiro atoms. The summed E-state index contributed by atoms with van der Waals surface area (Å²) in [5.74, 6) is 2.53. The molecule has 19 heavy (non-hydrogen) atoms. The number of imidazole rings is 1. The first-order valence-electron chi connectivity index (χ1n) is 6.44. The lowest BCUT2D eigenvalue weighted by atomic mass is 10.1. The molecule has 2 N–H and O–H groups in total. The Balaban J connectivity index is 1.91. The van der Waals surface area contributed by atoms with Gasteiger partial charge in [0.2, 0.25) is 6.79 Å². The SMILES string of the molecule is CCNCc1nc(-c2ccc3c(c2)OCO3)c(C)[nH]1. The van der Waals surface area contributed by atoms with Crippen LogP contribution in [0.5, 0.6) is 11.5 Å². The minimum absolute atomic E-state index is 0.296. The Hall–Kier alpha value is -2.01. The first-order valence-corrected chi connectivity index (χ1v) is 6.44. The van der Waals surface area contributed by atoms with Crippen LogP contribution in [0, 0.1) is 6.92 Å². The summed E-state index contributed by atoms with van der Waals surface area (Å²) in [6.07, 6.45) is 0. The lowest BCUT2D eigenvalue weighted by molar-refractivity contribution is 0.174. The zero-order chi connectivity index (χ0) is 13.2. The van der Waals surface area contributed by atoms with Crippen molar-refractivity contribution in [2.75, 3.05) is 13.3 Å². The summed E-state index contributed by atoms with van der Waals surface area (Å²) < 4.78 is 10.7. The van der Waals surface area contributed by atoms with E-state index in [9.17, 15) is 0 Å². The standard InChI is InChI=1S/C14H17N3O2/c1-3-15-7-13-16-9(2)14(17-13)10-4-5-11-12(6-10)19-8-18-11/h4-6,15H,3,7-8H2,1-2H3,(H,16,17). The molecule has 0 aliphatic carbocycles. The molecule has 0 unspecified atom stereocenters. The van der Waals surface area contributed by atoms with E-state index in [-0.39, 0.29) is 0 Å². The molecule has 2 heterocycles. The van der Waals surface area contributed by atoms with Crippen LogP contribution in [0.25, 0.3) is 11.3 Å². The minimum atomic E-state index is 0.296. The maximum absolute atomic E-state index is 5.40.